The molecule has 5 heteroatoms. The summed E-state index contributed by atoms with van der Waals surface area (Å²) in [5, 5.41) is 12.0. The summed E-state index contributed by atoms with van der Waals surface area (Å²) in [4.78, 5) is 15.1. The Balaban J connectivity index is 2.03. The molecule has 0 aliphatic rings. The first kappa shape index (κ1) is 13.4. The lowest BCUT2D eigenvalue weighted by Crippen LogP contribution is -2.02. The Kier molecular flexibility index (Phi) is 4.04. The lowest BCUT2D eigenvalue weighted by atomic mass is 10.1. The van der Waals surface area contributed by atoms with Gasteiger partial charge in [-0.15, -0.1) is 0 Å². The number of nitrogens with one attached hydrogen (secondary N) is 1. The molecule has 1 aromatic heterocycles. The van der Waals surface area contributed by atoms with E-state index in [4.69, 9.17) is 9.52 Å². The van der Waals surface area contributed by atoms with E-state index in [0.717, 1.165) is 19.4 Å². The van der Waals surface area contributed by atoms with Crippen LogP contribution in [0.15, 0.2) is 22.6 Å². The molecule has 2 N–H and O–H groups in total. The van der Waals surface area contributed by atoms with Gasteiger partial charge in [-0.2, -0.15) is 4.98 Å². The minimum Gasteiger partial charge on any atom is -0.478 e. The standard InChI is InChI=1S/C14H18N2O3/c1-9(2)4-3-7-15-14-16-11-6-5-10(13(17)18)8-12(11)19-14/h5-6,8-9H,3-4,7H2,1-2H3,(H,15,16)(H,17,18). The Morgan fingerprint density at radius 3 is 2.95 bits per heavy atom. The van der Waals surface area contributed by atoms with Crippen molar-refractivity contribution < 1.29 is 14.3 Å². The maximum Gasteiger partial charge on any atom is 0.335 e. The second-order valence-electron chi connectivity index (χ2n) is 4.97. The lowest BCUT2D eigenvalue weighted by molar-refractivity contribution is 0.0697. The third-order valence-corrected chi connectivity index (χ3v) is 2.87. The van der Waals surface area contributed by atoms with Crippen molar-refractivity contribution in [3.05, 3.63) is 23.8 Å². The first-order valence-electron chi connectivity index (χ1n) is 6.44. The third kappa shape index (κ3) is 3.47. The summed E-state index contributed by atoms with van der Waals surface area (Å²) in [6.07, 6.45) is 2.20. The van der Waals surface area contributed by atoms with Gasteiger partial charge in [0, 0.05) is 6.54 Å². The highest BCUT2D eigenvalue weighted by molar-refractivity contribution is 5.92. The Bertz CT molecular complexity index is 575. The smallest absolute Gasteiger partial charge is 0.335 e. The van der Waals surface area contributed by atoms with Crippen molar-refractivity contribution in [2.45, 2.75) is 26.7 Å². The maximum absolute atomic E-state index is 10.8. The van der Waals surface area contributed by atoms with E-state index in [2.05, 4.69) is 24.1 Å². The summed E-state index contributed by atoms with van der Waals surface area (Å²) in [5.41, 5.74) is 1.36. The summed E-state index contributed by atoms with van der Waals surface area (Å²) in [7, 11) is 0. The van der Waals surface area contributed by atoms with Gasteiger partial charge in [0.25, 0.3) is 6.01 Å². The van der Waals surface area contributed by atoms with Gasteiger partial charge >= 0.3 is 5.97 Å². The van der Waals surface area contributed by atoms with Crippen LogP contribution in [-0.4, -0.2) is 22.6 Å². The van der Waals surface area contributed by atoms with E-state index in [1.54, 1.807) is 6.07 Å². The minimum atomic E-state index is -0.968. The highest BCUT2D eigenvalue weighted by atomic mass is 16.4. The second kappa shape index (κ2) is 5.73. The van der Waals surface area contributed by atoms with Gasteiger partial charge in [-0.05, 0) is 37.0 Å². The van der Waals surface area contributed by atoms with Crippen LogP contribution in [0.3, 0.4) is 0 Å². The first-order valence-corrected chi connectivity index (χ1v) is 6.44. The number of nitrogens with zero attached hydrogens (tertiary/aromatic N) is 1. The molecule has 1 heterocycles. The van der Waals surface area contributed by atoms with Crippen LogP contribution in [-0.2, 0) is 0 Å². The molecule has 2 rings (SSSR count). The van der Waals surface area contributed by atoms with E-state index in [-0.39, 0.29) is 5.56 Å². The van der Waals surface area contributed by atoms with E-state index < -0.39 is 5.97 Å². The molecule has 0 radical (unpaired) electrons. The van der Waals surface area contributed by atoms with Crippen LogP contribution in [0.25, 0.3) is 11.1 Å². The SMILES string of the molecule is CC(C)CCCNc1nc2ccc(C(=O)O)cc2o1. The van der Waals surface area contributed by atoms with Crippen LogP contribution in [0.5, 0.6) is 0 Å². The predicted octanol–water partition coefficient (Wildman–Crippen LogP) is 3.37. The molecule has 0 amide bonds. The molecule has 0 aliphatic heterocycles. The van der Waals surface area contributed by atoms with Gasteiger partial charge in [-0.1, -0.05) is 13.8 Å². The van der Waals surface area contributed by atoms with Gasteiger partial charge < -0.3 is 14.8 Å². The number of carboxylic acids is 1. The zero-order valence-corrected chi connectivity index (χ0v) is 11.1. The number of anilines is 1. The molecule has 0 saturated heterocycles. The normalized spacial score (nSPS) is 11.1. The van der Waals surface area contributed by atoms with Gasteiger partial charge in [0.2, 0.25) is 0 Å². The van der Waals surface area contributed by atoms with Crippen molar-refractivity contribution in [3.63, 3.8) is 0 Å². The van der Waals surface area contributed by atoms with Gasteiger partial charge in [0.15, 0.2) is 5.58 Å². The van der Waals surface area contributed by atoms with Crippen LogP contribution in [0.2, 0.25) is 0 Å². The van der Waals surface area contributed by atoms with Crippen LogP contribution in [0, 0.1) is 5.92 Å². The Labute approximate surface area is 111 Å². The fraction of sp³-hybridized carbons (Fsp3) is 0.429. The van der Waals surface area contributed by atoms with Crippen molar-refractivity contribution in [1.29, 1.82) is 0 Å². The molecule has 0 saturated carbocycles. The monoisotopic (exact) mass is 262 g/mol. The maximum atomic E-state index is 10.8. The van der Waals surface area contributed by atoms with Crippen molar-refractivity contribution in [3.8, 4) is 0 Å². The van der Waals surface area contributed by atoms with E-state index >= 15 is 0 Å². The van der Waals surface area contributed by atoms with Crippen LogP contribution in [0.1, 0.15) is 37.0 Å². The van der Waals surface area contributed by atoms with Gasteiger partial charge in [-0.3, -0.25) is 0 Å². The summed E-state index contributed by atoms with van der Waals surface area (Å²) < 4.78 is 5.48. The van der Waals surface area contributed by atoms with Crippen LogP contribution >= 0.6 is 0 Å². The van der Waals surface area contributed by atoms with Gasteiger partial charge in [-0.25, -0.2) is 4.79 Å². The molecule has 1 aromatic carbocycles. The van der Waals surface area contributed by atoms with Crippen molar-refractivity contribution in [1.82, 2.24) is 4.98 Å². The zero-order valence-electron chi connectivity index (χ0n) is 11.1. The molecule has 0 atom stereocenters. The molecule has 5 nitrogen and oxygen atoms in total. The Morgan fingerprint density at radius 1 is 1.47 bits per heavy atom. The molecule has 0 bridgehead atoms. The van der Waals surface area contributed by atoms with E-state index in [0.29, 0.717) is 23.0 Å². The van der Waals surface area contributed by atoms with Crippen LogP contribution in [0.4, 0.5) is 6.01 Å². The van der Waals surface area contributed by atoms with Gasteiger partial charge in [0.05, 0.1) is 5.56 Å². The van der Waals surface area contributed by atoms with E-state index in [1.807, 2.05) is 0 Å². The number of aromatic carboxylic acids is 1. The quantitative estimate of drug-likeness (QED) is 0.780. The molecule has 102 valence electrons. The van der Waals surface area contributed by atoms with Crippen molar-refractivity contribution >= 4 is 23.1 Å². The second-order valence-corrected chi connectivity index (χ2v) is 4.97. The highest BCUT2D eigenvalue weighted by Crippen LogP contribution is 2.20. The fourth-order valence-electron chi connectivity index (χ4n) is 1.84. The lowest BCUT2D eigenvalue weighted by Gasteiger charge is -2.03. The number of fused-ring (bicyclic) bond motifs is 1. The molecular weight excluding hydrogens is 244 g/mol. The minimum absolute atomic E-state index is 0.204. The summed E-state index contributed by atoms with van der Waals surface area (Å²) in [6, 6.07) is 5.11. The molecule has 2 aromatic rings. The number of oxazole rings is 1. The third-order valence-electron chi connectivity index (χ3n) is 2.87. The number of hydrogen-bond donors (Lipinski definition) is 2. The first-order chi connectivity index (χ1) is 9.06. The molecule has 0 fully saturated rings. The highest BCUT2D eigenvalue weighted by Gasteiger charge is 2.09. The topological polar surface area (TPSA) is 75.4 Å². The number of rotatable bonds is 6. The summed E-state index contributed by atoms with van der Waals surface area (Å²) >= 11 is 0. The molecular formula is C14H18N2O3. The largest absolute Gasteiger partial charge is 0.478 e. The number of hydrogen-bond acceptors (Lipinski definition) is 4. The molecule has 0 aliphatic carbocycles. The van der Waals surface area contributed by atoms with Crippen LogP contribution < -0.4 is 5.32 Å². The average Bonchev–Trinajstić information content (AvgIpc) is 2.75. The summed E-state index contributed by atoms with van der Waals surface area (Å²) in [6.45, 7) is 5.18. The molecule has 0 spiro atoms. The van der Waals surface area contributed by atoms with E-state index in [1.165, 1.54) is 12.1 Å². The number of aromatic nitrogens is 1. The van der Waals surface area contributed by atoms with Crippen molar-refractivity contribution in [2.24, 2.45) is 5.92 Å². The number of carbonyl (C=O) groups is 1. The molecule has 0 unspecified atom stereocenters. The Hall–Kier alpha value is -2.04. The van der Waals surface area contributed by atoms with E-state index in [9.17, 15) is 4.79 Å². The number of carboxylic acid groups (broad SMARTS) is 1. The van der Waals surface area contributed by atoms with Gasteiger partial charge in [0.1, 0.15) is 5.52 Å². The average molecular weight is 262 g/mol. The Morgan fingerprint density at radius 2 is 2.26 bits per heavy atom. The zero-order chi connectivity index (χ0) is 13.8. The number of benzene rings is 1. The summed E-state index contributed by atoms with van der Waals surface area (Å²) in [5.74, 6) is -0.284. The molecule has 19 heavy (non-hydrogen) atoms. The predicted molar refractivity (Wildman–Crippen MR) is 73.5 cm³/mol. The van der Waals surface area contributed by atoms with Crippen molar-refractivity contribution in [2.75, 3.05) is 11.9 Å². The fourth-order valence-corrected chi connectivity index (χ4v) is 1.84.